The highest BCUT2D eigenvalue weighted by Gasteiger charge is 2.17. The van der Waals surface area contributed by atoms with E-state index in [1.165, 1.54) is 12.0 Å². The normalized spacial score (nSPS) is 16.8. The largest absolute Gasteiger partial charge is 0.298 e. The molecule has 4 rings (SSSR count). The topological polar surface area (TPSA) is 49.6 Å². The summed E-state index contributed by atoms with van der Waals surface area (Å²) in [5.41, 5.74) is 5.55. The first-order chi connectivity index (χ1) is 12.7. The van der Waals surface area contributed by atoms with E-state index < -0.39 is 0 Å². The van der Waals surface area contributed by atoms with Crippen LogP contribution in [0.1, 0.15) is 29.1 Å². The van der Waals surface area contributed by atoms with Crippen molar-refractivity contribution in [3.05, 3.63) is 59.3 Å². The van der Waals surface area contributed by atoms with Gasteiger partial charge in [-0.3, -0.25) is 14.8 Å². The van der Waals surface area contributed by atoms with Gasteiger partial charge < -0.3 is 0 Å². The summed E-state index contributed by atoms with van der Waals surface area (Å²) < 4.78 is 1.95. The van der Waals surface area contributed by atoms with Crippen molar-refractivity contribution in [2.45, 2.75) is 33.4 Å². The van der Waals surface area contributed by atoms with Crippen LogP contribution in [0, 0.1) is 13.8 Å². The minimum Gasteiger partial charge on any atom is -0.298 e. The molecular weight excluding hydrogens is 324 g/mol. The molecule has 0 atom stereocenters. The molecule has 26 heavy (non-hydrogen) atoms. The molecule has 1 aliphatic heterocycles. The fraction of sp³-hybridized carbons (Fsp3) is 0.450. The number of aromatic nitrogens is 4. The first-order valence-corrected chi connectivity index (χ1v) is 9.34. The Morgan fingerprint density at radius 1 is 1.00 bits per heavy atom. The van der Waals surface area contributed by atoms with Crippen LogP contribution < -0.4 is 0 Å². The third-order valence-electron chi connectivity index (χ3n) is 5.04. The van der Waals surface area contributed by atoms with Gasteiger partial charge in [-0.2, -0.15) is 5.10 Å². The maximum absolute atomic E-state index is 4.71. The fourth-order valence-corrected chi connectivity index (χ4v) is 3.73. The first-order valence-electron chi connectivity index (χ1n) is 9.34. The lowest BCUT2D eigenvalue weighted by atomic mass is 10.2. The van der Waals surface area contributed by atoms with Gasteiger partial charge in [0.05, 0.1) is 11.9 Å². The molecule has 0 spiro atoms. The third kappa shape index (κ3) is 3.76. The molecule has 0 N–H and O–H groups in total. The fourth-order valence-electron chi connectivity index (χ4n) is 3.73. The van der Waals surface area contributed by atoms with Gasteiger partial charge in [0.25, 0.3) is 0 Å². The average Bonchev–Trinajstić information content (AvgIpc) is 2.89. The van der Waals surface area contributed by atoms with Crippen molar-refractivity contribution in [1.29, 1.82) is 0 Å². The van der Waals surface area contributed by atoms with Gasteiger partial charge in [0.15, 0.2) is 5.65 Å². The lowest BCUT2D eigenvalue weighted by Gasteiger charge is -2.21. The summed E-state index contributed by atoms with van der Waals surface area (Å²) in [6, 6.07) is 8.22. The van der Waals surface area contributed by atoms with Crippen LogP contribution in [0.25, 0.3) is 5.65 Å². The molecule has 1 aliphatic rings. The smallest absolute Gasteiger partial charge is 0.159 e. The van der Waals surface area contributed by atoms with Crippen LogP contribution in [0.5, 0.6) is 0 Å². The van der Waals surface area contributed by atoms with E-state index in [1.54, 1.807) is 0 Å². The van der Waals surface area contributed by atoms with Gasteiger partial charge in [-0.15, -0.1) is 0 Å². The number of rotatable bonds is 4. The Hall–Kier alpha value is -2.31. The highest BCUT2D eigenvalue weighted by Crippen LogP contribution is 2.16. The zero-order valence-electron chi connectivity index (χ0n) is 15.6. The summed E-state index contributed by atoms with van der Waals surface area (Å²) in [5, 5.41) is 4.53. The Balaban J connectivity index is 1.42. The molecule has 0 amide bonds. The Labute approximate surface area is 154 Å². The lowest BCUT2D eigenvalue weighted by molar-refractivity contribution is 0.246. The first kappa shape index (κ1) is 17.1. The highest BCUT2D eigenvalue weighted by molar-refractivity contribution is 5.47. The Morgan fingerprint density at radius 2 is 1.81 bits per heavy atom. The van der Waals surface area contributed by atoms with Crippen LogP contribution in [0.2, 0.25) is 0 Å². The van der Waals surface area contributed by atoms with Crippen molar-refractivity contribution < 1.29 is 0 Å². The summed E-state index contributed by atoms with van der Waals surface area (Å²) in [6.07, 6.45) is 5.03. The van der Waals surface area contributed by atoms with Crippen LogP contribution in [0.3, 0.4) is 0 Å². The summed E-state index contributed by atoms with van der Waals surface area (Å²) >= 11 is 0. The molecule has 6 heteroatoms. The van der Waals surface area contributed by atoms with Gasteiger partial charge in [-0.1, -0.05) is 6.07 Å². The molecule has 136 valence electrons. The number of pyridine rings is 1. The zero-order valence-corrected chi connectivity index (χ0v) is 15.6. The molecule has 1 fully saturated rings. The van der Waals surface area contributed by atoms with Gasteiger partial charge in [0.1, 0.15) is 0 Å². The second kappa shape index (κ2) is 7.51. The summed E-state index contributed by atoms with van der Waals surface area (Å²) in [7, 11) is 0. The van der Waals surface area contributed by atoms with E-state index in [1.807, 2.05) is 29.9 Å². The third-order valence-corrected chi connectivity index (χ3v) is 5.04. The molecule has 0 bridgehead atoms. The number of aryl methyl sites for hydroxylation is 2. The van der Waals surface area contributed by atoms with Crippen LogP contribution in [0.4, 0.5) is 0 Å². The van der Waals surface area contributed by atoms with E-state index in [4.69, 9.17) is 4.98 Å². The van der Waals surface area contributed by atoms with E-state index in [9.17, 15) is 0 Å². The van der Waals surface area contributed by atoms with Gasteiger partial charge in [-0.05, 0) is 51.6 Å². The van der Waals surface area contributed by atoms with Gasteiger partial charge >= 0.3 is 0 Å². The summed E-state index contributed by atoms with van der Waals surface area (Å²) in [5.74, 6) is 0. The summed E-state index contributed by atoms with van der Waals surface area (Å²) in [6.45, 7) is 10.3. The van der Waals surface area contributed by atoms with Crippen molar-refractivity contribution in [1.82, 2.24) is 29.4 Å². The Kier molecular flexibility index (Phi) is 4.95. The van der Waals surface area contributed by atoms with Crippen molar-refractivity contribution in [2.24, 2.45) is 0 Å². The van der Waals surface area contributed by atoms with Crippen molar-refractivity contribution in [2.75, 3.05) is 26.2 Å². The van der Waals surface area contributed by atoms with E-state index in [0.29, 0.717) is 0 Å². The van der Waals surface area contributed by atoms with Crippen LogP contribution >= 0.6 is 0 Å². The van der Waals surface area contributed by atoms with Crippen molar-refractivity contribution >= 4 is 5.65 Å². The van der Waals surface area contributed by atoms with Crippen molar-refractivity contribution in [3.8, 4) is 0 Å². The maximum atomic E-state index is 4.71. The molecule has 0 aliphatic carbocycles. The molecule has 4 heterocycles. The molecular formula is C20H26N6. The Bertz CT molecular complexity index is 873. The van der Waals surface area contributed by atoms with Crippen LogP contribution in [-0.2, 0) is 13.1 Å². The molecule has 3 aromatic rings. The average molecular weight is 350 g/mol. The molecule has 3 aromatic heterocycles. The SMILES string of the molecule is Cc1cc(C)n2ncc(CN3CCCN(Cc4ccccn4)CC3)c2n1. The number of hydrogen-bond acceptors (Lipinski definition) is 5. The second-order valence-electron chi connectivity index (χ2n) is 7.17. The maximum Gasteiger partial charge on any atom is 0.159 e. The van der Waals surface area contributed by atoms with Crippen molar-refractivity contribution in [3.63, 3.8) is 0 Å². The highest BCUT2D eigenvalue weighted by atomic mass is 15.3. The number of fused-ring (bicyclic) bond motifs is 1. The summed E-state index contributed by atoms with van der Waals surface area (Å²) in [4.78, 5) is 14.2. The van der Waals surface area contributed by atoms with E-state index in [2.05, 4.69) is 45.0 Å². The number of nitrogens with zero attached hydrogens (tertiary/aromatic N) is 6. The minimum absolute atomic E-state index is 0.914. The number of hydrogen-bond donors (Lipinski definition) is 0. The predicted molar refractivity (Wildman–Crippen MR) is 102 cm³/mol. The molecule has 0 saturated carbocycles. The molecule has 1 saturated heterocycles. The quantitative estimate of drug-likeness (QED) is 0.723. The monoisotopic (exact) mass is 350 g/mol. The van der Waals surface area contributed by atoms with Crippen LogP contribution in [0.15, 0.2) is 36.7 Å². The van der Waals surface area contributed by atoms with Gasteiger partial charge in [-0.25, -0.2) is 9.50 Å². The Morgan fingerprint density at radius 3 is 2.58 bits per heavy atom. The second-order valence-corrected chi connectivity index (χ2v) is 7.17. The predicted octanol–water partition coefficient (Wildman–Crippen LogP) is 2.45. The van der Waals surface area contributed by atoms with Crippen LogP contribution in [-0.4, -0.2) is 55.6 Å². The van der Waals surface area contributed by atoms with E-state index >= 15 is 0 Å². The zero-order chi connectivity index (χ0) is 17.9. The standard InChI is InChI=1S/C20H26N6/c1-16-12-17(2)26-20(23-16)18(13-22-26)14-24-8-5-9-25(11-10-24)15-19-6-3-4-7-21-19/h3-4,6-7,12-13H,5,8-11,14-15H2,1-2H3. The van der Waals surface area contributed by atoms with E-state index in [-0.39, 0.29) is 0 Å². The van der Waals surface area contributed by atoms with Gasteiger partial charge in [0.2, 0.25) is 0 Å². The minimum atomic E-state index is 0.914. The molecule has 0 radical (unpaired) electrons. The molecule has 6 nitrogen and oxygen atoms in total. The lowest BCUT2D eigenvalue weighted by Crippen LogP contribution is -2.30. The van der Waals surface area contributed by atoms with Gasteiger partial charge in [0, 0.05) is 49.3 Å². The molecule has 0 aromatic carbocycles. The van der Waals surface area contributed by atoms with E-state index in [0.717, 1.165) is 62.0 Å². The molecule has 0 unspecified atom stereocenters.